The van der Waals surface area contributed by atoms with E-state index in [1.807, 2.05) is 51.1 Å². The molecular weight excluding hydrogens is 606 g/mol. The minimum Gasteiger partial charge on any atom is -0.508 e. The minimum absolute atomic E-state index is 0.0947. The van der Waals surface area contributed by atoms with Crippen LogP contribution in [0.25, 0.3) is 32.8 Å². The van der Waals surface area contributed by atoms with E-state index in [-0.39, 0.29) is 29.9 Å². The number of aromatic nitrogens is 2. The Balaban J connectivity index is 1.33. The number of phenolic OH excluding ortho intramolecular Hbond substituents is 1. The fourth-order valence-electron chi connectivity index (χ4n) is 6.68. The zero-order valence-electron chi connectivity index (χ0n) is 27.0. The number of hydrogen-bond acceptors (Lipinski definition) is 9. The van der Waals surface area contributed by atoms with Gasteiger partial charge in [-0.05, 0) is 82.2 Å². The molecule has 0 radical (unpaired) electrons. The number of piperazine rings is 1. The average Bonchev–Trinajstić information content (AvgIpc) is 3.78. The molecule has 1 aliphatic carbocycles. The van der Waals surface area contributed by atoms with Crippen LogP contribution in [0.4, 0.5) is 10.6 Å². The van der Waals surface area contributed by atoms with Gasteiger partial charge in [-0.3, -0.25) is 0 Å². The second-order valence-electron chi connectivity index (χ2n) is 14.1. The number of rotatable bonds is 6. The molecule has 1 aromatic heterocycles. The zero-order chi connectivity index (χ0) is 32.4. The predicted molar refractivity (Wildman–Crippen MR) is 179 cm³/mol. The number of ether oxygens (including phenoxy) is 3. The van der Waals surface area contributed by atoms with Crippen molar-refractivity contribution in [1.82, 2.24) is 19.8 Å². The van der Waals surface area contributed by atoms with Crippen molar-refractivity contribution >= 4 is 45.2 Å². The van der Waals surface area contributed by atoms with Gasteiger partial charge in [0.2, 0.25) is 0 Å². The molecule has 242 valence electrons. The highest BCUT2D eigenvalue weighted by molar-refractivity contribution is 6.37. The van der Waals surface area contributed by atoms with E-state index in [0.717, 1.165) is 35.7 Å². The third-order valence-corrected chi connectivity index (χ3v) is 9.30. The maximum absolute atomic E-state index is 13.0. The van der Waals surface area contributed by atoms with Crippen molar-refractivity contribution in [2.24, 2.45) is 5.41 Å². The molecule has 1 amide bonds. The van der Waals surface area contributed by atoms with Crippen LogP contribution in [0.15, 0.2) is 42.5 Å². The van der Waals surface area contributed by atoms with E-state index in [4.69, 9.17) is 35.8 Å². The molecule has 3 aliphatic rings. The van der Waals surface area contributed by atoms with Gasteiger partial charge in [-0.2, -0.15) is 9.97 Å². The quantitative estimate of drug-likeness (QED) is 0.257. The van der Waals surface area contributed by atoms with Gasteiger partial charge in [-0.15, -0.1) is 0 Å². The van der Waals surface area contributed by atoms with Crippen molar-refractivity contribution in [2.45, 2.75) is 45.3 Å². The van der Waals surface area contributed by atoms with E-state index in [9.17, 15) is 9.90 Å². The van der Waals surface area contributed by atoms with Crippen LogP contribution in [0.1, 0.15) is 33.6 Å². The first-order valence-electron chi connectivity index (χ1n) is 15.8. The van der Waals surface area contributed by atoms with Gasteiger partial charge in [0, 0.05) is 37.2 Å². The molecule has 1 saturated carbocycles. The number of aromatic hydroxyl groups is 1. The van der Waals surface area contributed by atoms with Gasteiger partial charge in [0.25, 0.3) is 0 Å². The lowest BCUT2D eigenvalue weighted by Crippen LogP contribution is -2.57. The maximum Gasteiger partial charge on any atom is 0.410 e. The Morgan fingerprint density at radius 2 is 1.91 bits per heavy atom. The van der Waals surface area contributed by atoms with Crippen LogP contribution in [-0.4, -0.2) is 96.1 Å². The predicted octanol–water partition coefficient (Wildman–Crippen LogP) is 6.35. The Kier molecular flexibility index (Phi) is 7.55. The first-order valence-corrected chi connectivity index (χ1v) is 16.2. The van der Waals surface area contributed by atoms with Crippen molar-refractivity contribution in [2.75, 3.05) is 58.4 Å². The monoisotopic (exact) mass is 645 g/mol. The van der Waals surface area contributed by atoms with Crippen LogP contribution in [-0.2, 0) is 4.74 Å². The van der Waals surface area contributed by atoms with Crippen molar-refractivity contribution in [3.63, 3.8) is 0 Å². The Hall–Kier alpha value is -4.02. The second kappa shape index (κ2) is 11.3. The van der Waals surface area contributed by atoms with Gasteiger partial charge in [0.15, 0.2) is 5.75 Å². The number of carbonyl (C=O) groups excluding carboxylic acids is 1. The summed E-state index contributed by atoms with van der Waals surface area (Å²) in [6, 6.07) is 13.4. The summed E-state index contributed by atoms with van der Waals surface area (Å²) in [5.74, 6) is 1.29. The molecule has 0 spiro atoms. The number of phenols is 1. The third kappa shape index (κ3) is 5.84. The number of hydrogen-bond donors (Lipinski definition) is 1. The molecule has 1 N–H and O–H groups in total. The summed E-state index contributed by atoms with van der Waals surface area (Å²) in [5, 5.41) is 13.6. The minimum atomic E-state index is -0.596. The number of fused-ring (bicyclic) bond motifs is 3. The topological polar surface area (TPSA) is 100 Å². The van der Waals surface area contributed by atoms with Gasteiger partial charge in [-0.1, -0.05) is 35.9 Å². The van der Waals surface area contributed by atoms with E-state index in [0.29, 0.717) is 65.3 Å². The van der Waals surface area contributed by atoms with Crippen LogP contribution >= 0.6 is 11.6 Å². The van der Waals surface area contributed by atoms with E-state index in [1.165, 1.54) is 0 Å². The highest BCUT2D eigenvalue weighted by atomic mass is 35.5. The Bertz CT molecular complexity index is 1840. The maximum atomic E-state index is 13.0. The van der Waals surface area contributed by atoms with Crippen LogP contribution in [0.5, 0.6) is 17.5 Å². The van der Waals surface area contributed by atoms with Crippen molar-refractivity contribution < 1.29 is 24.1 Å². The summed E-state index contributed by atoms with van der Waals surface area (Å²) < 4.78 is 18.6. The summed E-state index contributed by atoms with van der Waals surface area (Å²) in [5.41, 5.74) is 1.59. The molecule has 0 unspecified atom stereocenters. The molecule has 1 atom stereocenters. The van der Waals surface area contributed by atoms with Crippen molar-refractivity contribution in [3.8, 4) is 28.6 Å². The second-order valence-corrected chi connectivity index (χ2v) is 14.5. The van der Waals surface area contributed by atoms with Crippen molar-refractivity contribution in [3.05, 3.63) is 47.5 Å². The first-order chi connectivity index (χ1) is 21.9. The first kappa shape index (κ1) is 30.6. The molecule has 0 bridgehead atoms. The highest BCUT2D eigenvalue weighted by Gasteiger charge is 2.44. The van der Waals surface area contributed by atoms with Gasteiger partial charge in [0.05, 0.1) is 28.6 Å². The number of halogens is 1. The summed E-state index contributed by atoms with van der Waals surface area (Å²) in [6.07, 6.45) is 1.85. The lowest BCUT2D eigenvalue weighted by molar-refractivity contribution is 0.0202. The molecule has 3 heterocycles. The molecule has 3 aromatic carbocycles. The summed E-state index contributed by atoms with van der Waals surface area (Å²) in [6.45, 7) is 8.73. The van der Waals surface area contributed by atoms with Gasteiger partial charge in [-0.25, -0.2) is 4.79 Å². The van der Waals surface area contributed by atoms with E-state index in [1.54, 1.807) is 17.0 Å². The molecule has 1 saturated heterocycles. The molecule has 11 heteroatoms. The number of amides is 1. The fourth-order valence-corrected chi connectivity index (χ4v) is 6.99. The smallest absolute Gasteiger partial charge is 0.410 e. The molecule has 10 nitrogen and oxygen atoms in total. The number of anilines is 1. The zero-order valence-corrected chi connectivity index (χ0v) is 27.7. The SMILES string of the molecule is CN(C)CC1(COc2nc3c4c(c(Cl)c(-c5cc(O)cc6ccccc56)cc4n2)OC[C@H]2CN(C(=O)OC(C)(C)C)CCN32)CC1. The number of benzene rings is 3. The summed E-state index contributed by atoms with van der Waals surface area (Å²) in [7, 11) is 4.16. The average molecular weight is 646 g/mol. The molecular formula is C35H40ClN5O5. The lowest BCUT2D eigenvalue weighted by atomic mass is 9.96. The van der Waals surface area contributed by atoms with Crippen LogP contribution in [0, 0.1) is 5.41 Å². The molecule has 2 fully saturated rings. The van der Waals surface area contributed by atoms with E-state index in [2.05, 4.69) is 23.9 Å². The molecule has 7 rings (SSSR count). The fraction of sp³-hybridized carbons (Fsp3) is 0.457. The number of nitrogens with zero attached hydrogens (tertiary/aromatic N) is 5. The molecule has 46 heavy (non-hydrogen) atoms. The third-order valence-electron chi connectivity index (χ3n) is 8.92. The van der Waals surface area contributed by atoms with E-state index < -0.39 is 5.60 Å². The Morgan fingerprint density at radius 3 is 2.65 bits per heavy atom. The Labute approximate surface area is 273 Å². The van der Waals surface area contributed by atoms with Gasteiger partial charge in [0.1, 0.15) is 23.8 Å². The van der Waals surface area contributed by atoms with Crippen LogP contribution in [0.3, 0.4) is 0 Å². The molecule has 2 aliphatic heterocycles. The van der Waals surface area contributed by atoms with E-state index >= 15 is 0 Å². The normalized spacial score (nSPS) is 18.7. The summed E-state index contributed by atoms with van der Waals surface area (Å²) >= 11 is 7.22. The Morgan fingerprint density at radius 1 is 1.13 bits per heavy atom. The van der Waals surface area contributed by atoms with Gasteiger partial charge < -0.3 is 34.0 Å². The lowest BCUT2D eigenvalue weighted by Gasteiger charge is -2.41. The number of carbonyl (C=O) groups is 1. The van der Waals surface area contributed by atoms with Crippen molar-refractivity contribution in [1.29, 1.82) is 0 Å². The van der Waals surface area contributed by atoms with Crippen LogP contribution < -0.4 is 14.4 Å². The largest absolute Gasteiger partial charge is 0.508 e. The highest BCUT2D eigenvalue weighted by Crippen LogP contribution is 2.49. The van der Waals surface area contributed by atoms with Gasteiger partial charge >= 0.3 is 12.1 Å². The van der Waals surface area contributed by atoms with Crippen LogP contribution in [0.2, 0.25) is 5.02 Å². The standard InChI is InChI=1S/C35H40ClN5O5/c1-34(2,3)46-33(43)40-12-13-41-22(17-40)18-44-30-28-27(37-32(38-31(28)41)45-20-35(10-11-35)19-39(4)5)16-26(29(30)36)25-15-23(42)14-21-8-6-7-9-24(21)25/h6-9,14-16,22,42H,10-13,17-20H2,1-5H3/t22-/m1/s1. The molecule has 4 aromatic rings. The summed E-state index contributed by atoms with van der Waals surface area (Å²) in [4.78, 5) is 29.1.